The third-order valence-corrected chi connectivity index (χ3v) is 1.99. The molecule has 0 radical (unpaired) electrons. The van der Waals surface area contributed by atoms with Gasteiger partial charge in [0, 0.05) is 17.2 Å². The number of ketones is 1. The van der Waals surface area contributed by atoms with Crippen LogP contribution >= 0.6 is 0 Å². The molecule has 13 heavy (non-hydrogen) atoms. The Balaban J connectivity index is 2.42. The molecule has 1 aromatic carbocycles. The molecule has 0 aliphatic carbocycles. The van der Waals surface area contributed by atoms with Crippen molar-refractivity contribution in [1.82, 2.24) is 0 Å². The van der Waals surface area contributed by atoms with E-state index in [4.69, 9.17) is 4.42 Å². The maximum Gasteiger partial charge on any atom is 0.134 e. The van der Waals surface area contributed by atoms with Crippen LogP contribution in [0, 0.1) is 0 Å². The first-order valence-electron chi connectivity index (χ1n) is 4.20. The molecule has 1 heterocycles. The lowest BCUT2D eigenvalue weighted by Crippen LogP contribution is -1.95. The second-order valence-electron chi connectivity index (χ2n) is 3.21. The molecule has 0 atom stereocenters. The van der Waals surface area contributed by atoms with Gasteiger partial charge in [-0.1, -0.05) is 12.1 Å². The van der Waals surface area contributed by atoms with Gasteiger partial charge < -0.3 is 4.42 Å². The minimum absolute atomic E-state index is 0.183. The van der Waals surface area contributed by atoms with Gasteiger partial charge in [-0.2, -0.15) is 0 Å². The number of rotatable bonds is 2. The molecule has 0 aliphatic heterocycles. The van der Waals surface area contributed by atoms with Gasteiger partial charge in [0.05, 0.1) is 12.5 Å². The van der Waals surface area contributed by atoms with Crippen LogP contribution in [0.15, 0.2) is 35.1 Å². The van der Waals surface area contributed by atoms with E-state index in [0.29, 0.717) is 6.42 Å². The summed E-state index contributed by atoms with van der Waals surface area (Å²) in [7, 11) is 0. The van der Waals surface area contributed by atoms with E-state index in [9.17, 15) is 4.79 Å². The fraction of sp³-hybridized carbons (Fsp3) is 0.182. The summed E-state index contributed by atoms with van der Waals surface area (Å²) < 4.78 is 5.04. The molecule has 0 fully saturated rings. The van der Waals surface area contributed by atoms with Gasteiger partial charge in [0.15, 0.2) is 0 Å². The Morgan fingerprint density at radius 3 is 2.85 bits per heavy atom. The largest absolute Gasteiger partial charge is 0.471 e. The van der Waals surface area contributed by atoms with Crippen LogP contribution in [0.5, 0.6) is 0 Å². The molecule has 2 nitrogen and oxygen atoms in total. The lowest BCUT2D eigenvalue weighted by molar-refractivity contribution is -0.116. The van der Waals surface area contributed by atoms with Crippen LogP contribution in [-0.4, -0.2) is 5.78 Å². The molecule has 0 saturated heterocycles. The van der Waals surface area contributed by atoms with E-state index in [0.717, 1.165) is 16.3 Å². The number of Topliss-reactive ketones (excluding diaryl/α,β-unsaturated/α-hetero) is 1. The molecule has 0 aliphatic rings. The lowest BCUT2D eigenvalue weighted by Gasteiger charge is -1.96. The summed E-state index contributed by atoms with van der Waals surface area (Å²) in [4.78, 5) is 10.9. The number of fused-ring (bicyclic) bond motifs is 1. The second-order valence-corrected chi connectivity index (χ2v) is 3.21. The Morgan fingerprint density at radius 1 is 1.31 bits per heavy atom. The SMILES string of the molecule is CC(=O)Cc1ccc2cocc2c1. The average molecular weight is 174 g/mol. The van der Waals surface area contributed by atoms with Gasteiger partial charge in [-0.05, 0) is 18.6 Å². The highest BCUT2D eigenvalue weighted by Crippen LogP contribution is 2.17. The third kappa shape index (κ3) is 1.61. The van der Waals surface area contributed by atoms with Crippen LogP contribution in [0.4, 0.5) is 0 Å². The zero-order valence-corrected chi connectivity index (χ0v) is 7.41. The number of furan rings is 1. The van der Waals surface area contributed by atoms with Gasteiger partial charge in [0.25, 0.3) is 0 Å². The Labute approximate surface area is 76.2 Å². The average Bonchev–Trinajstić information content (AvgIpc) is 2.49. The molecule has 0 saturated carbocycles. The number of hydrogen-bond acceptors (Lipinski definition) is 2. The van der Waals surface area contributed by atoms with E-state index < -0.39 is 0 Å². The van der Waals surface area contributed by atoms with Crippen molar-refractivity contribution in [2.24, 2.45) is 0 Å². The topological polar surface area (TPSA) is 30.2 Å². The molecule has 0 spiro atoms. The molecule has 2 aromatic rings. The quantitative estimate of drug-likeness (QED) is 0.700. The summed E-state index contributed by atoms with van der Waals surface area (Å²) >= 11 is 0. The first kappa shape index (κ1) is 8.05. The summed E-state index contributed by atoms with van der Waals surface area (Å²) in [6.45, 7) is 1.60. The Kier molecular flexibility index (Phi) is 1.89. The predicted molar refractivity (Wildman–Crippen MR) is 50.6 cm³/mol. The van der Waals surface area contributed by atoms with E-state index >= 15 is 0 Å². The van der Waals surface area contributed by atoms with Crippen molar-refractivity contribution in [3.63, 3.8) is 0 Å². The van der Waals surface area contributed by atoms with Crippen LogP contribution in [0.3, 0.4) is 0 Å². The van der Waals surface area contributed by atoms with Crippen molar-refractivity contribution in [1.29, 1.82) is 0 Å². The molecule has 2 heteroatoms. The zero-order valence-electron chi connectivity index (χ0n) is 7.41. The monoisotopic (exact) mass is 174 g/mol. The predicted octanol–water partition coefficient (Wildman–Crippen LogP) is 2.56. The number of benzene rings is 1. The highest BCUT2D eigenvalue weighted by Gasteiger charge is 2.00. The van der Waals surface area contributed by atoms with Crippen molar-refractivity contribution in [3.8, 4) is 0 Å². The van der Waals surface area contributed by atoms with Crippen molar-refractivity contribution in [3.05, 3.63) is 36.3 Å². The standard InChI is InChI=1S/C11H10O2/c1-8(12)4-9-2-3-10-6-13-7-11(10)5-9/h2-3,5-7H,4H2,1H3. The van der Waals surface area contributed by atoms with E-state index in [-0.39, 0.29) is 5.78 Å². The summed E-state index contributed by atoms with van der Waals surface area (Å²) in [5.74, 6) is 0.183. The number of carbonyl (C=O) groups excluding carboxylic acids is 1. The van der Waals surface area contributed by atoms with E-state index in [2.05, 4.69) is 0 Å². The normalized spacial score (nSPS) is 10.5. The molecule has 2 rings (SSSR count). The Morgan fingerprint density at radius 2 is 2.08 bits per heavy atom. The van der Waals surface area contributed by atoms with Gasteiger partial charge in [0.1, 0.15) is 5.78 Å². The van der Waals surface area contributed by atoms with Crippen LogP contribution in [-0.2, 0) is 11.2 Å². The minimum atomic E-state index is 0.183. The molecule has 0 unspecified atom stereocenters. The van der Waals surface area contributed by atoms with Gasteiger partial charge in [0.2, 0.25) is 0 Å². The second kappa shape index (κ2) is 3.05. The molecular weight excluding hydrogens is 164 g/mol. The Bertz CT molecular complexity index is 440. The summed E-state index contributed by atoms with van der Waals surface area (Å²) in [5, 5.41) is 2.13. The number of hydrogen-bond donors (Lipinski definition) is 0. The maximum atomic E-state index is 10.9. The first-order valence-corrected chi connectivity index (χ1v) is 4.20. The fourth-order valence-corrected chi connectivity index (χ4v) is 1.41. The molecule has 0 bridgehead atoms. The first-order chi connectivity index (χ1) is 6.25. The van der Waals surface area contributed by atoms with Gasteiger partial charge in [-0.15, -0.1) is 0 Å². The highest BCUT2D eigenvalue weighted by atomic mass is 16.3. The molecular formula is C11H10O2. The highest BCUT2D eigenvalue weighted by molar-refractivity contribution is 5.84. The lowest BCUT2D eigenvalue weighted by atomic mass is 10.1. The summed E-state index contributed by atoms with van der Waals surface area (Å²) in [6.07, 6.45) is 3.90. The third-order valence-electron chi connectivity index (χ3n) is 1.99. The van der Waals surface area contributed by atoms with Crippen molar-refractivity contribution in [2.45, 2.75) is 13.3 Å². The number of carbonyl (C=O) groups is 1. The molecule has 0 amide bonds. The van der Waals surface area contributed by atoms with Crippen LogP contribution in [0.2, 0.25) is 0 Å². The van der Waals surface area contributed by atoms with Gasteiger partial charge in [-0.3, -0.25) is 4.79 Å². The van der Waals surface area contributed by atoms with Crippen molar-refractivity contribution in [2.75, 3.05) is 0 Å². The van der Waals surface area contributed by atoms with Gasteiger partial charge >= 0.3 is 0 Å². The summed E-state index contributed by atoms with van der Waals surface area (Å²) in [5.41, 5.74) is 1.04. The van der Waals surface area contributed by atoms with Crippen molar-refractivity contribution >= 4 is 16.6 Å². The smallest absolute Gasteiger partial charge is 0.134 e. The van der Waals surface area contributed by atoms with Crippen molar-refractivity contribution < 1.29 is 9.21 Å². The van der Waals surface area contributed by atoms with Crippen LogP contribution < -0.4 is 0 Å². The Hall–Kier alpha value is -1.57. The molecule has 66 valence electrons. The van der Waals surface area contributed by atoms with Crippen LogP contribution in [0.25, 0.3) is 10.8 Å². The van der Waals surface area contributed by atoms with Gasteiger partial charge in [-0.25, -0.2) is 0 Å². The van der Waals surface area contributed by atoms with E-state index in [1.807, 2.05) is 18.2 Å². The van der Waals surface area contributed by atoms with E-state index in [1.165, 1.54) is 0 Å². The summed E-state index contributed by atoms with van der Waals surface area (Å²) in [6, 6.07) is 5.91. The minimum Gasteiger partial charge on any atom is -0.471 e. The molecule has 1 aromatic heterocycles. The fourth-order valence-electron chi connectivity index (χ4n) is 1.41. The zero-order chi connectivity index (χ0) is 9.26. The maximum absolute atomic E-state index is 10.9. The molecule has 0 N–H and O–H groups in total. The van der Waals surface area contributed by atoms with E-state index in [1.54, 1.807) is 19.5 Å². The van der Waals surface area contributed by atoms with Crippen LogP contribution in [0.1, 0.15) is 12.5 Å².